The van der Waals surface area contributed by atoms with Crippen LogP contribution in [0.25, 0.3) is 10.6 Å². The molecule has 1 aliphatic heterocycles. The van der Waals surface area contributed by atoms with Crippen LogP contribution in [0.4, 0.5) is 0 Å². The number of piperazine rings is 1. The van der Waals surface area contributed by atoms with E-state index in [1.54, 1.807) is 18.4 Å². The lowest BCUT2D eigenvalue weighted by atomic mass is 10.0. The van der Waals surface area contributed by atoms with Gasteiger partial charge in [-0.05, 0) is 36.8 Å². The van der Waals surface area contributed by atoms with Crippen LogP contribution in [0.2, 0.25) is 0 Å². The molecule has 6 heteroatoms. The number of hydrogen-bond donors (Lipinski definition) is 1. The summed E-state index contributed by atoms with van der Waals surface area (Å²) in [6.45, 7) is 4.10. The Hall–Kier alpha value is -2.70. The number of ether oxygens (including phenoxy) is 1. The van der Waals surface area contributed by atoms with Gasteiger partial charge in [-0.1, -0.05) is 24.3 Å². The molecule has 1 atom stereocenters. The first-order valence-electron chi connectivity index (χ1n) is 9.33. The normalized spacial score (nSPS) is 16.8. The minimum absolute atomic E-state index is 0.0649. The van der Waals surface area contributed by atoms with E-state index in [9.17, 15) is 4.79 Å². The van der Waals surface area contributed by atoms with Gasteiger partial charge >= 0.3 is 0 Å². The monoisotopic (exact) mass is 393 g/mol. The molecule has 1 unspecified atom stereocenters. The number of aryl methyl sites for hydroxylation is 1. The molecule has 1 N–H and O–H groups in total. The van der Waals surface area contributed by atoms with Crippen LogP contribution in [-0.2, 0) is 0 Å². The molecule has 1 fully saturated rings. The maximum Gasteiger partial charge on any atom is 0.253 e. The van der Waals surface area contributed by atoms with Gasteiger partial charge in [-0.2, -0.15) is 0 Å². The maximum absolute atomic E-state index is 13.1. The summed E-state index contributed by atoms with van der Waals surface area (Å²) in [5, 5.41) is 6.48. The van der Waals surface area contributed by atoms with Crippen molar-refractivity contribution < 1.29 is 9.53 Å². The lowest BCUT2D eigenvalue weighted by Crippen LogP contribution is -2.48. The molecule has 1 saturated heterocycles. The van der Waals surface area contributed by atoms with E-state index in [0.717, 1.165) is 34.1 Å². The molecule has 2 heterocycles. The maximum atomic E-state index is 13.1. The van der Waals surface area contributed by atoms with Gasteiger partial charge in [0.2, 0.25) is 0 Å². The molecule has 0 spiro atoms. The average molecular weight is 394 g/mol. The van der Waals surface area contributed by atoms with Crippen LogP contribution in [0.1, 0.15) is 27.7 Å². The fraction of sp³-hybridized carbons (Fsp3) is 0.273. The Labute approximate surface area is 169 Å². The van der Waals surface area contributed by atoms with E-state index in [1.165, 1.54) is 0 Å². The third-order valence-corrected chi connectivity index (χ3v) is 5.97. The lowest BCUT2D eigenvalue weighted by molar-refractivity contribution is 0.0703. The van der Waals surface area contributed by atoms with Crippen LogP contribution in [0.5, 0.6) is 5.75 Å². The van der Waals surface area contributed by atoms with Crippen LogP contribution in [-0.4, -0.2) is 42.5 Å². The number of amides is 1. The predicted octanol–water partition coefficient (Wildman–Crippen LogP) is 3.91. The van der Waals surface area contributed by atoms with Crippen LogP contribution in [0, 0.1) is 6.92 Å². The van der Waals surface area contributed by atoms with Gasteiger partial charge in [0.25, 0.3) is 5.91 Å². The molecule has 0 bridgehead atoms. The highest BCUT2D eigenvalue weighted by Crippen LogP contribution is 2.26. The van der Waals surface area contributed by atoms with Gasteiger partial charge in [0.1, 0.15) is 10.8 Å². The summed E-state index contributed by atoms with van der Waals surface area (Å²) in [6.07, 6.45) is 0. The first kappa shape index (κ1) is 18.7. The van der Waals surface area contributed by atoms with Gasteiger partial charge in [0.05, 0.1) is 7.11 Å². The molecule has 2 aromatic carbocycles. The molecule has 1 aliphatic rings. The number of thiazole rings is 1. The van der Waals surface area contributed by atoms with Crippen molar-refractivity contribution in [2.75, 3.05) is 26.7 Å². The third-order valence-electron chi connectivity index (χ3n) is 4.96. The molecule has 0 radical (unpaired) electrons. The molecule has 1 amide bonds. The van der Waals surface area contributed by atoms with Crippen LogP contribution < -0.4 is 10.1 Å². The van der Waals surface area contributed by atoms with Gasteiger partial charge in [-0.3, -0.25) is 4.79 Å². The molecule has 1 aromatic heterocycles. The van der Waals surface area contributed by atoms with E-state index < -0.39 is 0 Å². The second-order valence-electron chi connectivity index (χ2n) is 6.91. The zero-order valence-electron chi connectivity index (χ0n) is 16.0. The number of carbonyl (C=O) groups is 1. The number of hydrogen-bond acceptors (Lipinski definition) is 5. The summed E-state index contributed by atoms with van der Waals surface area (Å²) in [4.78, 5) is 19.6. The van der Waals surface area contributed by atoms with Crippen LogP contribution in [0.15, 0.2) is 53.9 Å². The fourth-order valence-corrected chi connectivity index (χ4v) is 4.24. The minimum atomic E-state index is 0.0649. The Morgan fingerprint density at radius 3 is 2.79 bits per heavy atom. The summed E-state index contributed by atoms with van der Waals surface area (Å²) in [7, 11) is 1.66. The number of carbonyl (C=O) groups excluding carboxylic acids is 1. The number of aromatic nitrogens is 1. The summed E-state index contributed by atoms with van der Waals surface area (Å²) < 4.78 is 5.23. The van der Waals surface area contributed by atoms with Gasteiger partial charge in [0.15, 0.2) is 0 Å². The second-order valence-corrected chi connectivity index (χ2v) is 7.76. The lowest BCUT2D eigenvalue weighted by Gasteiger charge is -2.34. The molecule has 144 valence electrons. The van der Waals surface area contributed by atoms with Crippen molar-refractivity contribution >= 4 is 17.2 Å². The second kappa shape index (κ2) is 8.12. The van der Waals surface area contributed by atoms with Crippen molar-refractivity contribution in [1.29, 1.82) is 0 Å². The van der Waals surface area contributed by atoms with Gasteiger partial charge in [-0.25, -0.2) is 4.98 Å². The Balaban J connectivity index is 1.51. The van der Waals surface area contributed by atoms with E-state index in [4.69, 9.17) is 4.74 Å². The first-order valence-corrected chi connectivity index (χ1v) is 10.2. The Kier molecular flexibility index (Phi) is 5.41. The number of nitrogens with one attached hydrogen (secondary N) is 1. The minimum Gasteiger partial charge on any atom is -0.497 e. The zero-order valence-corrected chi connectivity index (χ0v) is 16.8. The van der Waals surface area contributed by atoms with E-state index in [-0.39, 0.29) is 11.9 Å². The molecule has 3 aromatic rings. The molecule has 0 saturated carbocycles. The first-order chi connectivity index (χ1) is 13.6. The molecule has 5 nitrogen and oxygen atoms in total. The molecule has 28 heavy (non-hydrogen) atoms. The van der Waals surface area contributed by atoms with E-state index in [1.807, 2.05) is 53.6 Å². The van der Waals surface area contributed by atoms with Crippen molar-refractivity contribution in [2.24, 2.45) is 0 Å². The number of methoxy groups -OCH3 is 1. The largest absolute Gasteiger partial charge is 0.497 e. The van der Waals surface area contributed by atoms with Crippen molar-refractivity contribution in [3.63, 3.8) is 0 Å². The Bertz CT molecular complexity index is 968. The van der Waals surface area contributed by atoms with Crippen molar-refractivity contribution in [2.45, 2.75) is 13.0 Å². The summed E-state index contributed by atoms with van der Waals surface area (Å²) in [5.41, 5.74) is 3.86. The highest BCUT2D eigenvalue weighted by molar-refractivity contribution is 7.13. The van der Waals surface area contributed by atoms with Gasteiger partial charge in [-0.15, -0.1) is 11.3 Å². The predicted molar refractivity (Wildman–Crippen MR) is 112 cm³/mol. The van der Waals surface area contributed by atoms with E-state index >= 15 is 0 Å². The summed E-state index contributed by atoms with van der Waals surface area (Å²) in [6, 6.07) is 15.9. The number of rotatable bonds is 4. The average Bonchev–Trinajstić information content (AvgIpc) is 3.20. The van der Waals surface area contributed by atoms with E-state index in [2.05, 4.69) is 22.4 Å². The highest BCUT2D eigenvalue weighted by Gasteiger charge is 2.25. The summed E-state index contributed by atoms with van der Waals surface area (Å²) >= 11 is 1.60. The number of benzene rings is 2. The third kappa shape index (κ3) is 3.93. The number of nitrogens with zero attached hydrogens (tertiary/aromatic N) is 2. The Morgan fingerprint density at radius 2 is 2.07 bits per heavy atom. The smallest absolute Gasteiger partial charge is 0.253 e. The zero-order chi connectivity index (χ0) is 19.5. The molecular formula is C22H23N3O2S. The van der Waals surface area contributed by atoms with Crippen molar-refractivity contribution in [3.05, 3.63) is 70.7 Å². The van der Waals surface area contributed by atoms with Gasteiger partial charge < -0.3 is 15.0 Å². The van der Waals surface area contributed by atoms with Crippen molar-refractivity contribution in [1.82, 2.24) is 15.2 Å². The highest BCUT2D eigenvalue weighted by atomic mass is 32.1. The molecular weight excluding hydrogens is 370 g/mol. The molecule has 0 aliphatic carbocycles. The van der Waals surface area contributed by atoms with Crippen LogP contribution >= 0.6 is 11.3 Å². The van der Waals surface area contributed by atoms with Gasteiger partial charge in [0, 0.05) is 47.9 Å². The Morgan fingerprint density at radius 1 is 1.25 bits per heavy atom. The standard InChI is InChI=1S/C22H23N3O2S/c1-15-14-28-21(24-15)17-4-3-5-18(12-17)22(26)25-11-10-23-20(13-25)16-6-8-19(27-2)9-7-16/h3-9,12,14,20,23H,10-11,13H2,1-2H3. The van der Waals surface area contributed by atoms with E-state index in [0.29, 0.717) is 18.7 Å². The molecule has 4 rings (SSSR count). The SMILES string of the molecule is COc1ccc(C2CN(C(=O)c3cccc(-c4nc(C)cs4)c3)CCN2)cc1. The van der Waals surface area contributed by atoms with Crippen molar-refractivity contribution in [3.8, 4) is 16.3 Å². The topological polar surface area (TPSA) is 54.5 Å². The quantitative estimate of drug-likeness (QED) is 0.730. The van der Waals surface area contributed by atoms with Crippen LogP contribution in [0.3, 0.4) is 0 Å². The summed E-state index contributed by atoms with van der Waals surface area (Å²) in [5.74, 6) is 0.900. The fourth-order valence-electron chi connectivity index (χ4n) is 3.45.